The smallest absolute Gasteiger partial charge is 0.315 e. The van der Waals surface area contributed by atoms with E-state index in [1.54, 1.807) is 0 Å². The number of rotatable bonds is 10. The third-order valence-electron chi connectivity index (χ3n) is 2.10. The van der Waals surface area contributed by atoms with Crippen LogP contribution in [-0.4, -0.2) is 36.4 Å². The molecule has 0 aromatic carbocycles. The molecular formula is C11H18F4O2S. The fraction of sp³-hybridized carbons (Fsp3) is 0.909. The second-order valence-electron chi connectivity index (χ2n) is 3.79. The minimum absolute atomic E-state index is 0.0513. The monoisotopic (exact) mass is 290 g/mol. The van der Waals surface area contributed by atoms with Crippen LogP contribution in [-0.2, 0) is 9.53 Å². The van der Waals surface area contributed by atoms with Crippen molar-refractivity contribution in [2.45, 2.75) is 45.0 Å². The summed E-state index contributed by atoms with van der Waals surface area (Å²) in [6.07, 6.45) is -2.83. The Labute approximate surface area is 108 Å². The van der Waals surface area contributed by atoms with E-state index in [9.17, 15) is 22.4 Å². The Hall–Kier alpha value is -0.460. The molecule has 0 aliphatic rings. The molecule has 0 fully saturated rings. The zero-order valence-corrected chi connectivity index (χ0v) is 11.1. The van der Waals surface area contributed by atoms with Gasteiger partial charge in [0.05, 0.1) is 12.4 Å². The van der Waals surface area contributed by atoms with Crippen molar-refractivity contribution in [3.63, 3.8) is 0 Å². The first-order chi connectivity index (χ1) is 8.40. The van der Waals surface area contributed by atoms with Crippen molar-refractivity contribution < 1.29 is 27.1 Å². The number of thioether (sulfide) groups is 1. The van der Waals surface area contributed by atoms with E-state index in [0.717, 1.165) is 24.6 Å². The molecule has 18 heavy (non-hydrogen) atoms. The molecule has 0 atom stereocenters. The molecule has 0 amide bonds. The summed E-state index contributed by atoms with van der Waals surface area (Å²) in [7, 11) is 0. The maximum absolute atomic E-state index is 12.5. The molecule has 0 saturated carbocycles. The van der Waals surface area contributed by atoms with Crippen LogP contribution < -0.4 is 0 Å². The average molecular weight is 290 g/mol. The first-order valence-corrected chi connectivity index (χ1v) is 6.95. The van der Waals surface area contributed by atoms with Crippen LogP contribution in [0.4, 0.5) is 17.6 Å². The van der Waals surface area contributed by atoms with Gasteiger partial charge in [0.25, 0.3) is 0 Å². The van der Waals surface area contributed by atoms with Gasteiger partial charge < -0.3 is 4.74 Å². The lowest BCUT2D eigenvalue weighted by Crippen LogP contribution is -2.26. The summed E-state index contributed by atoms with van der Waals surface area (Å²) in [5.41, 5.74) is 0. The number of hydrogen-bond donors (Lipinski definition) is 0. The quantitative estimate of drug-likeness (QED) is 0.348. The lowest BCUT2D eigenvalue weighted by atomic mass is 10.2. The highest BCUT2D eigenvalue weighted by Crippen LogP contribution is 2.28. The van der Waals surface area contributed by atoms with Gasteiger partial charge in [0.1, 0.15) is 0 Å². The lowest BCUT2D eigenvalue weighted by molar-refractivity contribution is -0.140. The molecular weight excluding hydrogens is 272 g/mol. The largest absolute Gasteiger partial charge is 0.465 e. The molecule has 2 nitrogen and oxygen atoms in total. The Morgan fingerprint density at radius 1 is 1.33 bits per heavy atom. The topological polar surface area (TPSA) is 26.3 Å². The molecule has 0 N–H and O–H groups in total. The molecule has 0 heterocycles. The molecule has 0 rings (SSSR count). The van der Waals surface area contributed by atoms with Crippen molar-refractivity contribution in [3.8, 4) is 0 Å². The van der Waals surface area contributed by atoms with Crippen LogP contribution >= 0.6 is 11.8 Å². The lowest BCUT2D eigenvalue weighted by Gasteiger charge is -2.14. The maximum Gasteiger partial charge on any atom is 0.315 e. The SMILES string of the molecule is CCCCOC(=O)CSCCCC(F)(F)C(F)F. The van der Waals surface area contributed by atoms with E-state index in [1.165, 1.54) is 0 Å². The number of carbonyl (C=O) groups excluding carboxylic acids is 1. The Morgan fingerprint density at radius 2 is 2.00 bits per heavy atom. The minimum Gasteiger partial charge on any atom is -0.465 e. The van der Waals surface area contributed by atoms with Gasteiger partial charge in [-0.3, -0.25) is 4.79 Å². The highest BCUT2D eigenvalue weighted by molar-refractivity contribution is 7.99. The van der Waals surface area contributed by atoms with Gasteiger partial charge in [-0.25, -0.2) is 17.6 Å². The molecule has 0 aliphatic heterocycles. The van der Waals surface area contributed by atoms with Gasteiger partial charge in [-0.05, 0) is 18.6 Å². The number of carbonyl (C=O) groups is 1. The van der Waals surface area contributed by atoms with Crippen LogP contribution in [0.1, 0.15) is 32.6 Å². The Bertz CT molecular complexity index is 237. The second kappa shape index (κ2) is 9.47. The zero-order chi connectivity index (χ0) is 14.0. The van der Waals surface area contributed by atoms with E-state index in [-0.39, 0.29) is 17.9 Å². The van der Waals surface area contributed by atoms with Gasteiger partial charge in [-0.1, -0.05) is 13.3 Å². The fourth-order valence-electron chi connectivity index (χ4n) is 1.05. The molecule has 0 radical (unpaired) electrons. The summed E-state index contributed by atoms with van der Waals surface area (Å²) in [6.45, 7) is 2.32. The van der Waals surface area contributed by atoms with Crippen molar-refractivity contribution in [3.05, 3.63) is 0 Å². The third kappa shape index (κ3) is 8.60. The van der Waals surface area contributed by atoms with E-state index < -0.39 is 24.7 Å². The van der Waals surface area contributed by atoms with E-state index >= 15 is 0 Å². The van der Waals surface area contributed by atoms with Gasteiger partial charge >= 0.3 is 18.3 Å². The van der Waals surface area contributed by atoms with Gasteiger partial charge in [0, 0.05) is 6.42 Å². The van der Waals surface area contributed by atoms with Crippen molar-refractivity contribution in [1.29, 1.82) is 0 Å². The van der Waals surface area contributed by atoms with E-state index in [1.807, 2.05) is 6.92 Å². The Morgan fingerprint density at radius 3 is 2.56 bits per heavy atom. The normalized spacial score (nSPS) is 11.9. The summed E-state index contributed by atoms with van der Waals surface area (Å²) < 4.78 is 53.4. The molecule has 0 unspecified atom stereocenters. The molecule has 0 aliphatic carbocycles. The fourth-order valence-corrected chi connectivity index (χ4v) is 1.79. The highest BCUT2D eigenvalue weighted by atomic mass is 32.2. The summed E-state index contributed by atoms with van der Waals surface area (Å²) in [6, 6.07) is 0. The van der Waals surface area contributed by atoms with Crippen molar-refractivity contribution in [2.24, 2.45) is 0 Å². The van der Waals surface area contributed by atoms with Crippen molar-refractivity contribution in [2.75, 3.05) is 18.1 Å². The first-order valence-electron chi connectivity index (χ1n) is 5.79. The Kier molecular flexibility index (Phi) is 9.23. The standard InChI is InChI=1S/C11H18F4O2S/c1-2-3-6-17-9(16)8-18-7-4-5-11(14,15)10(12)13/h10H,2-8H2,1H3. The molecule has 0 aromatic heterocycles. The predicted molar refractivity (Wildman–Crippen MR) is 63.4 cm³/mol. The number of hydrogen-bond acceptors (Lipinski definition) is 3. The van der Waals surface area contributed by atoms with Gasteiger partial charge in [0.2, 0.25) is 0 Å². The minimum atomic E-state index is -3.93. The number of halogens is 4. The zero-order valence-electron chi connectivity index (χ0n) is 10.3. The van der Waals surface area contributed by atoms with Crippen LogP contribution in [0.25, 0.3) is 0 Å². The molecule has 0 aromatic rings. The van der Waals surface area contributed by atoms with Crippen molar-refractivity contribution in [1.82, 2.24) is 0 Å². The van der Waals surface area contributed by atoms with Gasteiger partial charge in [-0.2, -0.15) is 11.8 Å². The predicted octanol–water partition coefficient (Wildman–Crippen LogP) is 3.74. The van der Waals surface area contributed by atoms with Crippen LogP contribution in [0.3, 0.4) is 0 Å². The number of ether oxygens (including phenoxy) is 1. The van der Waals surface area contributed by atoms with E-state index in [0.29, 0.717) is 6.61 Å². The molecule has 108 valence electrons. The van der Waals surface area contributed by atoms with Crippen LogP contribution in [0.2, 0.25) is 0 Å². The average Bonchev–Trinajstić information content (AvgIpc) is 2.28. The van der Waals surface area contributed by atoms with E-state index in [2.05, 4.69) is 0 Å². The Balaban J connectivity index is 3.48. The van der Waals surface area contributed by atoms with Gasteiger partial charge in [-0.15, -0.1) is 0 Å². The molecule has 0 bridgehead atoms. The highest BCUT2D eigenvalue weighted by Gasteiger charge is 2.39. The maximum atomic E-state index is 12.5. The summed E-state index contributed by atoms with van der Waals surface area (Å²) >= 11 is 1.12. The van der Waals surface area contributed by atoms with Crippen LogP contribution in [0.5, 0.6) is 0 Å². The number of unbranched alkanes of at least 4 members (excludes halogenated alkanes) is 1. The number of alkyl halides is 4. The van der Waals surface area contributed by atoms with Gasteiger partial charge in [0.15, 0.2) is 0 Å². The van der Waals surface area contributed by atoms with E-state index in [4.69, 9.17) is 4.74 Å². The second-order valence-corrected chi connectivity index (χ2v) is 4.90. The van der Waals surface area contributed by atoms with Crippen molar-refractivity contribution >= 4 is 17.7 Å². The third-order valence-corrected chi connectivity index (χ3v) is 3.12. The first kappa shape index (κ1) is 17.5. The summed E-state index contributed by atoms with van der Waals surface area (Å²) in [5.74, 6) is -4.01. The molecule has 7 heteroatoms. The van der Waals surface area contributed by atoms with Crippen LogP contribution in [0.15, 0.2) is 0 Å². The molecule has 0 saturated heterocycles. The number of esters is 1. The van der Waals surface area contributed by atoms with Crippen LogP contribution in [0, 0.1) is 0 Å². The molecule has 0 spiro atoms. The summed E-state index contributed by atoms with van der Waals surface area (Å²) in [5, 5.41) is 0. The summed E-state index contributed by atoms with van der Waals surface area (Å²) in [4.78, 5) is 11.1.